The molecule has 0 saturated carbocycles. The molecule has 0 spiro atoms. The highest BCUT2D eigenvalue weighted by atomic mass is 16.7. The van der Waals surface area contributed by atoms with Crippen LogP contribution in [0.3, 0.4) is 0 Å². The molecule has 0 amide bonds. The Morgan fingerprint density at radius 2 is 1.59 bits per heavy atom. The van der Waals surface area contributed by atoms with Crippen molar-refractivity contribution in [2.24, 2.45) is 11.8 Å². The van der Waals surface area contributed by atoms with Crippen LogP contribution in [0.4, 0.5) is 0 Å². The number of fused-ring (bicyclic) bond motifs is 3. The van der Waals surface area contributed by atoms with Gasteiger partial charge in [-0.1, -0.05) is 0 Å². The number of benzene rings is 2. The number of aliphatic hydroxyl groups excluding tert-OH is 1. The molecule has 5 rings (SSSR count). The number of hydrogen-bond donors (Lipinski definition) is 2. The molecule has 4 unspecified atom stereocenters. The first kappa shape index (κ1) is 17.9. The lowest BCUT2D eigenvalue weighted by Gasteiger charge is -2.37. The van der Waals surface area contributed by atoms with Crippen molar-refractivity contribution < 1.29 is 38.7 Å². The Kier molecular flexibility index (Phi) is 3.99. The average molecular weight is 400 g/mol. The van der Waals surface area contributed by atoms with Crippen molar-refractivity contribution in [2.75, 3.05) is 27.6 Å². The first-order chi connectivity index (χ1) is 14.0. The van der Waals surface area contributed by atoms with Gasteiger partial charge in [-0.25, -0.2) is 0 Å². The fourth-order valence-electron chi connectivity index (χ4n) is 4.66. The van der Waals surface area contributed by atoms with Crippen molar-refractivity contribution in [3.05, 3.63) is 41.0 Å². The van der Waals surface area contributed by atoms with Crippen LogP contribution in [0.2, 0.25) is 0 Å². The maximum atomic E-state index is 12.4. The van der Waals surface area contributed by atoms with Crippen molar-refractivity contribution in [3.8, 4) is 28.7 Å². The molecule has 1 saturated heterocycles. The molecule has 4 atom stereocenters. The van der Waals surface area contributed by atoms with Crippen molar-refractivity contribution >= 4 is 5.97 Å². The molecule has 2 N–H and O–H groups in total. The van der Waals surface area contributed by atoms with Gasteiger partial charge in [-0.05, 0) is 41.0 Å². The monoisotopic (exact) mass is 400 g/mol. The number of aliphatic hydroxyl groups is 1. The molecule has 29 heavy (non-hydrogen) atoms. The summed E-state index contributed by atoms with van der Waals surface area (Å²) in [5.74, 6) is -0.172. The molecule has 152 valence electrons. The van der Waals surface area contributed by atoms with Gasteiger partial charge in [0.2, 0.25) is 12.5 Å². The summed E-state index contributed by atoms with van der Waals surface area (Å²) in [5, 5.41) is 21.3. The molecular weight excluding hydrogens is 380 g/mol. The van der Waals surface area contributed by atoms with E-state index >= 15 is 0 Å². The Balaban J connectivity index is 1.74. The number of ether oxygens (including phenoxy) is 5. The van der Waals surface area contributed by atoms with Crippen LogP contribution >= 0.6 is 0 Å². The van der Waals surface area contributed by atoms with Crippen LogP contribution in [0.1, 0.15) is 28.7 Å². The highest BCUT2D eigenvalue weighted by molar-refractivity contribution is 5.77. The molecule has 2 aromatic rings. The van der Waals surface area contributed by atoms with Crippen molar-refractivity contribution in [2.45, 2.75) is 12.0 Å². The SMILES string of the molecule is COc1cc(C2c3cc4c(cc3C(O)C3C(=O)OCC23)OCO4)cc(OC)c1O. The summed E-state index contributed by atoms with van der Waals surface area (Å²) in [7, 11) is 2.92. The number of hydrogen-bond acceptors (Lipinski definition) is 8. The Morgan fingerprint density at radius 3 is 2.21 bits per heavy atom. The Labute approximate surface area is 166 Å². The van der Waals surface area contributed by atoms with E-state index in [1.807, 2.05) is 6.07 Å². The number of methoxy groups -OCH3 is 2. The van der Waals surface area contributed by atoms with Gasteiger partial charge in [-0.3, -0.25) is 4.79 Å². The minimum atomic E-state index is -1.00. The maximum absolute atomic E-state index is 12.4. The number of carbonyl (C=O) groups excluding carboxylic acids is 1. The minimum Gasteiger partial charge on any atom is -0.502 e. The first-order valence-corrected chi connectivity index (χ1v) is 9.26. The van der Waals surface area contributed by atoms with E-state index in [1.165, 1.54) is 14.2 Å². The van der Waals surface area contributed by atoms with Gasteiger partial charge in [-0.2, -0.15) is 0 Å². The summed E-state index contributed by atoms with van der Waals surface area (Å²) >= 11 is 0. The van der Waals surface area contributed by atoms with Crippen LogP contribution in [0.25, 0.3) is 0 Å². The second kappa shape index (κ2) is 6.45. The number of phenolic OH excluding ortho intramolecular Hbond substituents is 1. The van der Waals surface area contributed by atoms with Crippen molar-refractivity contribution in [3.63, 3.8) is 0 Å². The van der Waals surface area contributed by atoms with E-state index in [9.17, 15) is 15.0 Å². The van der Waals surface area contributed by atoms with Gasteiger partial charge in [0.25, 0.3) is 0 Å². The molecule has 2 aromatic carbocycles. The van der Waals surface area contributed by atoms with Crippen LogP contribution in [0.15, 0.2) is 24.3 Å². The van der Waals surface area contributed by atoms with E-state index in [-0.39, 0.29) is 42.5 Å². The van der Waals surface area contributed by atoms with Gasteiger partial charge in [0.1, 0.15) is 0 Å². The highest BCUT2D eigenvalue weighted by Crippen LogP contribution is 2.55. The molecule has 0 bridgehead atoms. The molecule has 0 radical (unpaired) electrons. The number of rotatable bonds is 3. The number of carbonyl (C=O) groups is 1. The topological polar surface area (TPSA) is 104 Å². The zero-order valence-electron chi connectivity index (χ0n) is 15.9. The smallest absolute Gasteiger partial charge is 0.312 e. The largest absolute Gasteiger partial charge is 0.502 e. The van der Waals surface area contributed by atoms with E-state index in [4.69, 9.17) is 23.7 Å². The highest BCUT2D eigenvalue weighted by Gasteiger charge is 2.52. The summed E-state index contributed by atoms with van der Waals surface area (Å²) in [6.07, 6.45) is -1.00. The molecule has 8 heteroatoms. The molecule has 0 aromatic heterocycles. The number of esters is 1. The number of cyclic esters (lactones) is 1. The lowest BCUT2D eigenvalue weighted by molar-refractivity contribution is -0.144. The predicted molar refractivity (Wildman–Crippen MR) is 98.5 cm³/mol. The fourth-order valence-corrected chi connectivity index (χ4v) is 4.66. The molecule has 2 heterocycles. The van der Waals surface area contributed by atoms with E-state index in [2.05, 4.69) is 0 Å². The normalized spacial score (nSPS) is 26.5. The average Bonchev–Trinajstić information content (AvgIpc) is 3.34. The van der Waals surface area contributed by atoms with Gasteiger partial charge < -0.3 is 33.9 Å². The van der Waals surface area contributed by atoms with Gasteiger partial charge in [0.05, 0.1) is 32.8 Å². The van der Waals surface area contributed by atoms with Crippen molar-refractivity contribution in [1.29, 1.82) is 0 Å². The van der Waals surface area contributed by atoms with Crippen LogP contribution in [-0.2, 0) is 9.53 Å². The van der Waals surface area contributed by atoms with Gasteiger partial charge >= 0.3 is 5.97 Å². The second-order valence-electron chi connectivity index (χ2n) is 7.35. The summed E-state index contributed by atoms with van der Waals surface area (Å²) < 4.78 is 26.9. The van der Waals surface area contributed by atoms with E-state index in [1.54, 1.807) is 18.2 Å². The summed E-state index contributed by atoms with van der Waals surface area (Å²) in [4.78, 5) is 12.4. The first-order valence-electron chi connectivity index (χ1n) is 9.26. The van der Waals surface area contributed by atoms with Crippen LogP contribution in [0, 0.1) is 11.8 Å². The summed E-state index contributed by atoms with van der Waals surface area (Å²) in [6, 6.07) is 7.01. The predicted octanol–water partition coefficient (Wildman–Crippen LogP) is 2.11. The Morgan fingerprint density at radius 1 is 0.966 bits per heavy atom. The molecular formula is C21H20O8. The fraction of sp³-hybridized carbons (Fsp3) is 0.381. The van der Waals surface area contributed by atoms with E-state index in [0.29, 0.717) is 17.1 Å². The quantitative estimate of drug-likeness (QED) is 0.755. The third-order valence-electron chi connectivity index (χ3n) is 6.01. The molecule has 1 fully saturated rings. The number of phenols is 1. The van der Waals surface area contributed by atoms with Crippen molar-refractivity contribution in [1.82, 2.24) is 0 Å². The molecule has 3 aliphatic rings. The number of aromatic hydroxyl groups is 1. The van der Waals surface area contributed by atoms with Crippen LogP contribution in [-0.4, -0.2) is 43.8 Å². The Bertz CT molecular complexity index is 975. The summed E-state index contributed by atoms with van der Waals surface area (Å²) in [6.45, 7) is 0.291. The van der Waals surface area contributed by atoms with Gasteiger partial charge in [-0.15, -0.1) is 0 Å². The van der Waals surface area contributed by atoms with Crippen LogP contribution in [0.5, 0.6) is 28.7 Å². The molecule has 1 aliphatic carbocycles. The molecule has 8 nitrogen and oxygen atoms in total. The minimum absolute atomic E-state index is 0.101. The third-order valence-corrected chi connectivity index (χ3v) is 6.01. The maximum Gasteiger partial charge on any atom is 0.312 e. The zero-order chi connectivity index (χ0) is 20.3. The lowest BCUT2D eigenvalue weighted by Crippen LogP contribution is -2.34. The zero-order valence-corrected chi connectivity index (χ0v) is 15.9. The second-order valence-corrected chi connectivity index (χ2v) is 7.35. The Hall–Kier alpha value is -3.13. The molecule has 2 aliphatic heterocycles. The van der Waals surface area contributed by atoms with Gasteiger partial charge in [0, 0.05) is 11.8 Å². The summed E-state index contributed by atoms with van der Waals surface area (Å²) in [5.41, 5.74) is 2.19. The lowest BCUT2D eigenvalue weighted by atomic mass is 9.66. The third kappa shape index (κ3) is 2.52. The van der Waals surface area contributed by atoms with E-state index in [0.717, 1.165) is 11.1 Å². The van der Waals surface area contributed by atoms with Gasteiger partial charge in [0.15, 0.2) is 23.0 Å². The van der Waals surface area contributed by atoms with Crippen LogP contribution < -0.4 is 18.9 Å². The van der Waals surface area contributed by atoms with E-state index < -0.39 is 18.0 Å². The standard InChI is InChI=1S/C21H20O8/c1-25-15-3-9(4-16(26-2)20(15)23)17-10-5-13-14(29-8-28-13)6-11(10)19(22)18-12(17)7-27-21(18)24/h3-6,12,17-19,22-23H,7-8H2,1-2H3.